The average Bonchev–Trinajstić information content (AvgIpc) is 2.50. The van der Waals surface area contributed by atoms with Gasteiger partial charge in [-0.2, -0.15) is 4.31 Å². The lowest BCUT2D eigenvalue weighted by Crippen LogP contribution is -2.50. The molecule has 2 rings (SSSR count). The Morgan fingerprint density at radius 3 is 2.27 bits per heavy atom. The predicted octanol–water partition coefficient (Wildman–Crippen LogP) is 1.60. The summed E-state index contributed by atoms with van der Waals surface area (Å²) in [6.07, 6.45) is 1.30. The first-order valence-electron chi connectivity index (χ1n) is 7.42. The molecule has 1 fully saturated rings. The Morgan fingerprint density at radius 1 is 1.14 bits per heavy atom. The fourth-order valence-corrected chi connectivity index (χ4v) is 3.99. The number of carbonyl (C=O) groups excluding carboxylic acids is 1. The summed E-state index contributed by atoms with van der Waals surface area (Å²) in [5.74, 6) is -0.446. The molecule has 1 amide bonds. The molecule has 1 aromatic carbocycles. The number of carbonyl (C=O) groups is 1. The highest BCUT2D eigenvalue weighted by molar-refractivity contribution is 7.88. The summed E-state index contributed by atoms with van der Waals surface area (Å²) in [5.41, 5.74) is 0.561. The number of hydrogen-bond acceptors (Lipinski definition) is 3. The van der Waals surface area contributed by atoms with Crippen LogP contribution in [0.1, 0.15) is 25.3 Å². The SMILES string of the molecule is CCCC(=O)N1CCN(S(=O)(=O)Cc2ccc(F)cc2)CC1. The van der Waals surface area contributed by atoms with E-state index < -0.39 is 10.0 Å². The van der Waals surface area contributed by atoms with Crippen molar-refractivity contribution in [1.82, 2.24) is 9.21 Å². The van der Waals surface area contributed by atoms with Gasteiger partial charge in [0.1, 0.15) is 5.82 Å². The van der Waals surface area contributed by atoms with Crippen LogP contribution in [0.5, 0.6) is 0 Å². The van der Waals surface area contributed by atoms with Gasteiger partial charge >= 0.3 is 0 Å². The van der Waals surface area contributed by atoms with Crippen molar-refractivity contribution >= 4 is 15.9 Å². The maximum absolute atomic E-state index is 12.9. The Labute approximate surface area is 130 Å². The van der Waals surface area contributed by atoms with Crippen molar-refractivity contribution < 1.29 is 17.6 Å². The van der Waals surface area contributed by atoms with Crippen molar-refractivity contribution in [2.75, 3.05) is 26.2 Å². The zero-order valence-corrected chi connectivity index (χ0v) is 13.5. The van der Waals surface area contributed by atoms with Gasteiger partial charge in [0.25, 0.3) is 0 Å². The maximum atomic E-state index is 12.9. The smallest absolute Gasteiger partial charge is 0.222 e. The molecule has 0 saturated carbocycles. The summed E-state index contributed by atoms with van der Waals surface area (Å²) in [6, 6.07) is 5.47. The van der Waals surface area contributed by atoms with Crippen molar-refractivity contribution in [3.05, 3.63) is 35.6 Å². The number of rotatable bonds is 5. The van der Waals surface area contributed by atoms with Crippen molar-refractivity contribution in [2.24, 2.45) is 0 Å². The van der Waals surface area contributed by atoms with Crippen LogP contribution in [-0.2, 0) is 20.6 Å². The van der Waals surface area contributed by atoms with Crippen molar-refractivity contribution in [3.63, 3.8) is 0 Å². The second kappa shape index (κ2) is 7.19. The van der Waals surface area contributed by atoms with E-state index in [4.69, 9.17) is 0 Å². The summed E-state index contributed by atoms with van der Waals surface area (Å²) in [5, 5.41) is 0. The summed E-state index contributed by atoms with van der Waals surface area (Å²) >= 11 is 0. The Hall–Kier alpha value is -1.47. The molecule has 5 nitrogen and oxygen atoms in total. The molecular weight excluding hydrogens is 307 g/mol. The Balaban J connectivity index is 1.94. The zero-order valence-electron chi connectivity index (χ0n) is 12.7. The molecule has 0 unspecified atom stereocenters. The van der Waals surface area contributed by atoms with Crippen LogP contribution >= 0.6 is 0 Å². The molecule has 0 bridgehead atoms. The first kappa shape index (κ1) is 16.9. The van der Waals surface area contributed by atoms with Gasteiger partial charge in [0, 0.05) is 32.6 Å². The summed E-state index contributed by atoms with van der Waals surface area (Å²) in [7, 11) is -3.44. The lowest BCUT2D eigenvalue weighted by molar-refractivity contribution is -0.132. The zero-order chi connectivity index (χ0) is 16.2. The molecule has 0 atom stereocenters. The van der Waals surface area contributed by atoms with Crippen LogP contribution < -0.4 is 0 Å². The molecular formula is C15H21FN2O3S. The van der Waals surface area contributed by atoms with E-state index in [1.165, 1.54) is 28.6 Å². The average molecular weight is 328 g/mol. The summed E-state index contributed by atoms with van der Waals surface area (Å²) in [6.45, 7) is 3.45. The second-order valence-electron chi connectivity index (χ2n) is 5.41. The molecule has 1 saturated heterocycles. The Bertz CT molecular complexity index is 608. The van der Waals surface area contributed by atoms with Gasteiger partial charge in [-0.05, 0) is 24.1 Å². The van der Waals surface area contributed by atoms with Crippen LogP contribution in [0.4, 0.5) is 4.39 Å². The van der Waals surface area contributed by atoms with E-state index in [-0.39, 0.29) is 17.5 Å². The van der Waals surface area contributed by atoms with Gasteiger partial charge in [0.2, 0.25) is 15.9 Å². The molecule has 0 N–H and O–H groups in total. The third kappa shape index (κ3) is 4.27. The topological polar surface area (TPSA) is 57.7 Å². The minimum atomic E-state index is -3.44. The van der Waals surface area contributed by atoms with Crippen molar-refractivity contribution in [1.29, 1.82) is 0 Å². The van der Waals surface area contributed by atoms with E-state index in [1.54, 1.807) is 4.90 Å². The van der Waals surface area contributed by atoms with E-state index >= 15 is 0 Å². The quantitative estimate of drug-likeness (QED) is 0.825. The van der Waals surface area contributed by atoms with Crippen molar-refractivity contribution in [3.8, 4) is 0 Å². The molecule has 0 aromatic heterocycles. The highest BCUT2D eigenvalue weighted by Gasteiger charge is 2.28. The number of halogens is 1. The number of piperazine rings is 1. The van der Waals surface area contributed by atoms with E-state index in [0.29, 0.717) is 38.2 Å². The fraction of sp³-hybridized carbons (Fsp3) is 0.533. The molecule has 122 valence electrons. The minimum absolute atomic E-state index is 0.0816. The van der Waals surface area contributed by atoms with Crippen LogP contribution in [0.3, 0.4) is 0 Å². The predicted molar refractivity (Wildman–Crippen MR) is 82.1 cm³/mol. The first-order valence-corrected chi connectivity index (χ1v) is 9.03. The lowest BCUT2D eigenvalue weighted by atomic mass is 10.2. The molecule has 1 heterocycles. The van der Waals surface area contributed by atoms with E-state index in [9.17, 15) is 17.6 Å². The Kier molecular flexibility index (Phi) is 5.52. The lowest BCUT2D eigenvalue weighted by Gasteiger charge is -2.34. The van der Waals surface area contributed by atoms with Gasteiger partial charge < -0.3 is 4.90 Å². The van der Waals surface area contributed by atoms with Crippen LogP contribution in [0.2, 0.25) is 0 Å². The maximum Gasteiger partial charge on any atom is 0.222 e. The number of hydrogen-bond donors (Lipinski definition) is 0. The standard InChI is InChI=1S/C15H21FN2O3S/c1-2-3-15(19)17-8-10-18(11-9-17)22(20,21)12-13-4-6-14(16)7-5-13/h4-7H,2-3,8-12H2,1H3. The monoisotopic (exact) mass is 328 g/mol. The Morgan fingerprint density at radius 2 is 1.73 bits per heavy atom. The van der Waals surface area contributed by atoms with Crippen LogP contribution in [0.25, 0.3) is 0 Å². The van der Waals surface area contributed by atoms with Gasteiger partial charge in [0.15, 0.2) is 0 Å². The minimum Gasteiger partial charge on any atom is -0.340 e. The number of nitrogens with zero attached hydrogens (tertiary/aromatic N) is 2. The van der Waals surface area contributed by atoms with E-state index in [1.807, 2.05) is 6.92 Å². The fourth-order valence-electron chi connectivity index (χ4n) is 2.47. The number of sulfonamides is 1. The molecule has 0 spiro atoms. The van der Waals surface area contributed by atoms with Crippen molar-refractivity contribution in [2.45, 2.75) is 25.5 Å². The first-order chi connectivity index (χ1) is 10.4. The van der Waals surface area contributed by atoms with Crippen LogP contribution in [0, 0.1) is 5.82 Å². The molecule has 1 aliphatic rings. The number of benzene rings is 1. The van der Waals surface area contributed by atoms with E-state index in [2.05, 4.69) is 0 Å². The van der Waals surface area contributed by atoms with Gasteiger partial charge in [-0.3, -0.25) is 4.79 Å². The van der Waals surface area contributed by atoms with Gasteiger partial charge in [-0.1, -0.05) is 19.1 Å². The molecule has 1 aliphatic heterocycles. The second-order valence-corrected chi connectivity index (χ2v) is 7.38. The summed E-state index contributed by atoms with van der Waals surface area (Å²) < 4.78 is 39.0. The normalized spacial score (nSPS) is 16.7. The van der Waals surface area contributed by atoms with Crippen LogP contribution in [0.15, 0.2) is 24.3 Å². The molecule has 1 aromatic rings. The molecule has 0 radical (unpaired) electrons. The molecule has 22 heavy (non-hydrogen) atoms. The summed E-state index contributed by atoms with van der Waals surface area (Å²) in [4.78, 5) is 13.5. The van der Waals surface area contributed by atoms with Gasteiger partial charge in [-0.15, -0.1) is 0 Å². The highest BCUT2D eigenvalue weighted by Crippen LogP contribution is 2.15. The number of amides is 1. The largest absolute Gasteiger partial charge is 0.340 e. The third-order valence-corrected chi connectivity index (χ3v) is 5.56. The van der Waals surface area contributed by atoms with E-state index in [0.717, 1.165) is 6.42 Å². The molecule has 0 aliphatic carbocycles. The van der Waals surface area contributed by atoms with Gasteiger partial charge in [0.05, 0.1) is 5.75 Å². The molecule has 7 heteroatoms. The third-order valence-electron chi connectivity index (χ3n) is 3.71. The van der Waals surface area contributed by atoms with Crippen LogP contribution in [-0.4, -0.2) is 49.7 Å². The highest BCUT2D eigenvalue weighted by atomic mass is 32.2. The van der Waals surface area contributed by atoms with Gasteiger partial charge in [-0.25, -0.2) is 12.8 Å².